The van der Waals surface area contributed by atoms with E-state index in [1.54, 1.807) is 6.07 Å². The van der Waals surface area contributed by atoms with Gasteiger partial charge in [-0.05, 0) is 29.8 Å². The molecule has 20 heavy (non-hydrogen) atoms. The van der Waals surface area contributed by atoms with Gasteiger partial charge in [-0.25, -0.2) is 20.2 Å². The van der Waals surface area contributed by atoms with Gasteiger partial charge in [-0.3, -0.25) is 0 Å². The minimum atomic E-state index is -0.337. The fraction of sp³-hybridized carbons (Fsp3) is 0.0769. The van der Waals surface area contributed by atoms with E-state index in [9.17, 15) is 4.39 Å². The number of thioether (sulfide) groups is 1. The molecule has 0 fully saturated rings. The van der Waals surface area contributed by atoms with Gasteiger partial charge in [0.1, 0.15) is 10.6 Å². The van der Waals surface area contributed by atoms with E-state index in [0.717, 1.165) is 15.1 Å². The summed E-state index contributed by atoms with van der Waals surface area (Å²) in [7, 11) is 0. The fourth-order valence-corrected chi connectivity index (χ4v) is 3.34. The molecule has 102 valence electrons. The van der Waals surface area contributed by atoms with E-state index in [2.05, 4.69) is 15.4 Å². The molecule has 0 aliphatic rings. The maximum atomic E-state index is 14.1. The Morgan fingerprint density at radius 1 is 1.30 bits per heavy atom. The number of nitrogens with two attached hydrogens (primary N) is 1. The second kappa shape index (κ2) is 5.35. The molecule has 4 nitrogen and oxygen atoms in total. The zero-order chi connectivity index (χ0) is 14.1. The van der Waals surface area contributed by atoms with Crippen LogP contribution in [0.25, 0.3) is 21.6 Å². The summed E-state index contributed by atoms with van der Waals surface area (Å²) >= 11 is 2.93. The molecule has 3 aromatic rings. The topological polar surface area (TPSA) is 63.8 Å². The van der Waals surface area contributed by atoms with Crippen LogP contribution < -0.4 is 11.3 Å². The lowest BCUT2D eigenvalue weighted by Gasteiger charge is -2.09. The highest BCUT2D eigenvalue weighted by Gasteiger charge is 2.16. The number of aromatic nitrogens is 2. The van der Waals surface area contributed by atoms with Crippen LogP contribution in [0.1, 0.15) is 0 Å². The fourth-order valence-electron chi connectivity index (χ4n) is 1.97. The smallest absolute Gasteiger partial charge is 0.167 e. The molecule has 0 unspecified atom stereocenters. The molecule has 0 aliphatic carbocycles. The van der Waals surface area contributed by atoms with Crippen molar-refractivity contribution < 1.29 is 4.39 Å². The highest BCUT2D eigenvalue weighted by molar-refractivity contribution is 7.98. The molecule has 0 saturated heterocycles. The summed E-state index contributed by atoms with van der Waals surface area (Å²) in [4.78, 5) is 10.4. The van der Waals surface area contributed by atoms with Crippen LogP contribution in [0.3, 0.4) is 0 Å². The number of nitrogen functional groups attached to an aromatic ring is 1. The Kier molecular flexibility index (Phi) is 3.56. The third-order valence-corrected chi connectivity index (χ3v) is 4.47. The summed E-state index contributed by atoms with van der Waals surface area (Å²) in [5.41, 5.74) is 2.96. The molecule has 0 atom stereocenters. The number of fused-ring (bicyclic) bond motifs is 1. The van der Waals surface area contributed by atoms with Gasteiger partial charge in [0.2, 0.25) is 0 Å². The van der Waals surface area contributed by atoms with Crippen molar-refractivity contribution in [3.05, 3.63) is 35.5 Å². The molecule has 1 aromatic carbocycles. The normalized spacial score (nSPS) is 10.9. The number of anilines is 1. The quantitative estimate of drug-likeness (QED) is 0.440. The summed E-state index contributed by atoms with van der Waals surface area (Å²) < 4.78 is 14.1. The van der Waals surface area contributed by atoms with E-state index in [0.29, 0.717) is 17.2 Å². The van der Waals surface area contributed by atoms with Crippen LogP contribution in [0, 0.1) is 5.82 Å². The highest BCUT2D eigenvalue weighted by Crippen LogP contribution is 2.33. The largest absolute Gasteiger partial charge is 0.308 e. The summed E-state index contributed by atoms with van der Waals surface area (Å²) in [5, 5.41) is 2.74. The first-order valence-electron chi connectivity index (χ1n) is 5.79. The van der Waals surface area contributed by atoms with Gasteiger partial charge >= 0.3 is 0 Å². The molecule has 0 radical (unpaired) electrons. The number of thiophene rings is 1. The number of hydrogen-bond donors (Lipinski definition) is 2. The first kappa shape index (κ1) is 13.3. The van der Waals surface area contributed by atoms with Crippen molar-refractivity contribution in [3.63, 3.8) is 0 Å². The second-order valence-corrected chi connectivity index (χ2v) is 5.74. The number of rotatable bonds is 3. The molecule has 0 bridgehead atoms. The molecule has 0 spiro atoms. The van der Waals surface area contributed by atoms with Crippen LogP contribution in [0.5, 0.6) is 0 Å². The van der Waals surface area contributed by atoms with E-state index in [-0.39, 0.29) is 5.82 Å². The minimum absolute atomic E-state index is 0.337. The Bertz CT molecular complexity index is 772. The van der Waals surface area contributed by atoms with Gasteiger partial charge in [-0.1, -0.05) is 6.07 Å². The SMILES string of the molecule is CSc1cccc(F)c1-c1nc(NN)c2ccsc2n1. The summed E-state index contributed by atoms with van der Waals surface area (Å²) in [6, 6.07) is 6.82. The van der Waals surface area contributed by atoms with Crippen molar-refractivity contribution in [2.45, 2.75) is 4.90 Å². The molecule has 3 N–H and O–H groups in total. The van der Waals surface area contributed by atoms with Crippen LogP contribution in [0.4, 0.5) is 10.2 Å². The lowest BCUT2D eigenvalue weighted by Crippen LogP contribution is -2.10. The molecular formula is C13H11FN4S2. The Hall–Kier alpha value is -1.70. The number of hydrazine groups is 1. The maximum Gasteiger partial charge on any atom is 0.167 e. The standard InChI is InChI=1S/C13H11FN4S2/c1-19-9-4-2-3-8(14)10(9)12-16-11(18-15)7-5-6-20-13(7)17-12/h2-6H,15H2,1H3,(H,16,17,18). The Morgan fingerprint density at radius 2 is 2.15 bits per heavy atom. The predicted molar refractivity (Wildman–Crippen MR) is 82.4 cm³/mol. The summed E-state index contributed by atoms with van der Waals surface area (Å²) in [6.45, 7) is 0. The van der Waals surface area contributed by atoms with Crippen molar-refractivity contribution in [2.24, 2.45) is 5.84 Å². The number of nitrogens with one attached hydrogen (secondary N) is 1. The molecule has 3 rings (SSSR count). The van der Waals surface area contributed by atoms with Gasteiger partial charge in [-0.2, -0.15) is 0 Å². The van der Waals surface area contributed by atoms with Crippen LogP contribution in [0.15, 0.2) is 34.5 Å². The zero-order valence-electron chi connectivity index (χ0n) is 10.6. The Labute approximate surface area is 123 Å². The first-order chi connectivity index (χ1) is 9.74. The summed E-state index contributed by atoms with van der Waals surface area (Å²) in [6.07, 6.45) is 1.89. The minimum Gasteiger partial charge on any atom is -0.308 e. The van der Waals surface area contributed by atoms with E-state index >= 15 is 0 Å². The predicted octanol–water partition coefficient (Wildman–Crippen LogP) is 3.50. The van der Waals surface area contributed by atoms with Gasteiger partial charge in [0.05, 0.1) is 10.9 Å². The van der Waals surface area contributed by atoms with Gasteiger partial charge in [0, 0.05) is 4.90 Å². The molecule has 0 aliphatic heterocycles. The molecule has 7 heteroatoms. The number of halogens is 1. The maximum absolute atomic E-state index is 14.1. The second-order valence-electron chi connectivity index (χ2n) is 4.00. The third-order valence-electron chi connectivity index (χ3n) is 2.88. The average Bonchev–Trinajstić information content (AvgIpc) is 2.94. The monoisotopic (exact) mass is 306 g/mol. The van der Waals surface area contributed by atoms with E-state index in [1.807, 2.05) is 23.8 Å². The van der Waals surface area contributed by atoms with Crippen molar-refractivity contribution in [1.29, 1.82) is 0 Å². The van der Waals surface area contributed by atoms with E-state index in [1.165, 1.54) is 29.2 Å². The number of benzene rings is 1. The molecule has 2 aromatic heterocycles. The average molecular weight is 306 g/mol. The Morgan fingerprint density at radius 3 is 2.90 bits per heavy atom. The van der Waals surface area contributed by atoms with Crippen molar-refractivity contribution >= 4 is 39.1 Å². The summed E-state index contributed by atoms with van der Waals surface area (Å²) in [5.74, 6) is 6.00. The molecule has 2 heterocycles. The van der Waals surface area contributed by atoms with Crippen molar-refractivity contribution in [1.82, 2.24) is 9.97 Å². The van der Waals surface area contributed by atoms with E-state index < -0.39 is 0 Å². The van der Waals surface area contributed by atoms with Gasteiger partial charge in [0.25, 0.3) is 0 Å². The van der Waals surface area contributed by atoms with Crippen LogP contribution in [-0.4, -0.2) is 16.2 Å². The van der Waals surface area contributed by atoms with Gasteiger partial charge in [0.15, 0.2) is 11.6 Å². The highest BCUT2D eigenvalue weighted by atomic mass is 32.2. The number of nitrogens with zero attached hydrogens (tertiary/aromatic N) is 2. The zero-order valence-corrected chi connectivity index (χ0v) is 12.2. The molecule has 0 saturated carbocycles. The van der Waals surface area contributed by atoms with Crippen molar-refractivity contribution in [3.8, 4) is 11.4 Å². The molecular weight excluding hydrogens is 295 g/mol. The van der Waals surface area contributed by atoms with Gasteiger partial charge < -0.3 is 5.43 Å². The number of hydrogen-bond acceptors (Lipinski definition) is 6. The first-order valence-corrected chi connectivity index (χ1v) is 7.89. The van der Waals surface area contributed by atoms with E-state index in [4.69, 9.17) is 5.84 Å². The van der Waals surface area contributed by atoms with Crippen LogP contribution in [-0.2, 0) is 0 Å². The lowest BCUT2D eigenvalue weighted by atomic mass is 10.2. The Balaban J connectivity index is 2.29. The molecule has 0 amide bonds. The van der Waals surface area contributed by atoms with Crippen LogP contribution in [0.2, 0.25) is 0 Å². The van der Waals surface area contributed by atoms with Crippen LogP contribution >= 0.6 is 23.1 Å². The van der Waals surface area contributed by atoms with Gasteiger partial charge in [-0.15, -0.1) is 23.1 Å². The third kappa shape index (κ3) is 2.13. The van der Waals surface area contributed by atoms with Crippen molar-refractivity contribution in [2.75, 3.05) is 11.7 Å². The lowest BCUT2D eigenvalue weighted by molar-refractivity contribution is 0.627.